The third-order valence-corrected chi connectivity index (χ3v) is 19.5. The van der Waals surface area contributed by atoms with Crippen molar-refractivity contribution in [3.05, 3.63) is 120 Å². The number of rotatable bonds is 23. The first-order chi connectivity index (χ1) is 54.0. The van der Waals surface area contributed by atoms with E-state index < -0.39 is 204 Å². The Labute approximate surface area is 663 Å². The molecule has 1 fully saturated rings. The molecule has 0 bridgehead atoms. The number of aromatic amines is 2. The summed E-state index contributed by atoms with van der Waals surface area (Å²) in [6.07, 6.45) is 0.931. The van der Waals surface area contributed by atoms with Crippen LogP contribution in [-0.4, -0.2) is 210 Å². The first kappa shape index (κ1) is 91.0. The number of aromatic nitrogens is 3. The van der Waals surface area contributed by atoms with Crippen LogP contribution in [0.15, 0.2) is 97.6 Å². The molecule has 1 aliphatic heterocycles. The highest BCUT2D eigenvalue weighted by Crippen LogP contribution is 2.22. The number of H-pyrrole nitrogens is 2. The molecular formula is C77H106N18O18S. The Morgan fingerprint density at radius 2 is 0.956 bits per heavy atom. The number of carbonyl (C=O) groups is 16. The number of thioether (sulfide) groups is 1. The van der Waals surface area contributed by atoms with Gasteiger partial charge in [-0.05, 0) is 84.7 Å². The first-order valence-electron chi connectivity index (χ1n) is 37.6. The number of amides is 15. The van der Waals surface area contributed by atoms with Crippen molar-refractivity contribution in [2.75, 3.05) is 18.1 Å². The second kappa shape index (κ2) is 44.4. The fourth-order valence-corrected chi connectivity index (χ4v) is 13.2. The van der Waals surface area contributed by atoms with E-state index in [-0.39, 0.29) is 74.1 Å². The number of phenolic OH excluding ortho intramolecular Hbond substituents is 1. The van der Waals surface area contributed by atoms with Crippen LogP contribution in [0.1, 0.15) is 123 Å². The number of primary amides is 2. The Morgan fingerprint density at radius 3 is 1.48 bits per heavy atom. The average Bonchev–Trinajstić information content (AvgIpc) is 1.68. The second-order valence-electron chi connectivity index (χ2n) is 29.5. The van der Waals surface area contributed by atoms with Crippen LogP contribution in [-0.2, 0) is 102 Å². The number of para-hydroxylation sites is 1. The topological polar surface area (TPSA) is 566 Å². The van der Waals surface area contributed by atoms with E-state index in [1.807, 2.05) is 0 Å². The molecule has 15 amide bonds. The molecule has 0 radical (unpaired) electrons. The Hall–Kier alpha value is -11.9. The zero-order valence-corrected chi connectivity index (χ0v) is 65.9. The number of fused-ring (bicyclic) bond motifs is 1. The van der Waals surface area contributed by atoms with E-state index in [2.05, 4.69) is 84.1 Å². The molecule has 37 heteroatoms. The van der Waals surface area contributed by atoms with E-state index >= 15 is 0 Å². The van der Waals surface area contributed by atoms with E-state index in [1.165, 1.54) is 43.7 Å². The number of imidazole rings is 1. The maximum Gasteiger partial charge on any atom is 0.305 e. The van der Waals surface area contributed by atoms with Gasteiger partial charge in [0.15, 0.2) is 0 Å². The summed E-state index contributed by atoms with van der Waals surface area (Å²) in [7, 11) is 0. The lowest BCUT2D eigenvalue weighted by atomic mass is 9.95. The van der Waals surface area contributed by atoms with Crippen LogP contribution >= 0.6 is 11.8 Å². The van der Waals surface area contributed by atoms with E-state index in [0.717, 1.165) is 11.8 Å². The van der Waals surface area contributed by atoms with Crippen molar-refractivity contribution < 1.29 is 86.9 Å². The van der Waals surface area contributed by atoms with Gasteiger partial charge in [-0.3, -0.25) is 76.7 Å². The van der Waals surface area contributed by atoms with Gasteiger partial charge < -0.3 is 101 Å². The van der Waals surface area contributed by atoms with E-state index in [1.54, 1.807) is 116 Å². The van der Waals surface area contributed by atoms with Crippen molar-refractivity contribution >= 4 is 117 Å². The molecule has 1 saturated heterocycles. The maximum atomic E-state index is 15.0. The molecular weight excluding hydrogens is 1500 g/mol. The molecule has 618 valence electrons. The number of nitrogens with two attached hydrogens (primary N) is 2. The Balaban J connectivity index is 1.45. The molecule has 2 aromatic heterocycles. The number of benzene rings is 3. The SMILES string of the molecule is CC[C@H](C)[C@@H]1NC(=O)[C@H](CC(C)C)NC(=O)[C@H](C)NC(=O)[C@H](CC(C)C)NC(=O)[C@H](Cc2c[nH]c3ccccc23)NC(=O)[C@H](CC(N)=O)NC(=O)[C@H](CC(=O)O)NC(=O)[C@H](Cc2ccccc2)NC(=O)[C@H](Cc2c[nH]cn2)NC(=O)[C@H](Cc2ccc(O)cc2)NC(=O)CSC[C@@H](C(=O)NCC(N)=O)NC(=O)[C@H](CC(C)C)NC1=O. The molecule has 21 N–H and O–H groups in total. The van der Waals surface area contributed by atoms with Crippen LogP contribution in [0.4, 0.5) is 0 Å². The van der Waals surface area contributed by atoms with Crippen molar-refractivity contribution in [1.82, 2.24) is 84.1 Å². The van der Waals surface area contributed by atoms with Gasteiger partial charge in [0, 0.05) is 54.7 Å². The first-order valence-corrected chi connectivity index (χ1v) is 38.7. The molecule has 36 nitrogen and oxygen atoms in total. The fourth-order valence-electron chi connectivity index (χ4n) is 12.4. The lowest BCUT2D eigenvalue weighted by Crippen LogP contribution is -2.61. The van der Waals surface area contributed by atoms with Crippen molar-refractivity contribution in [3.8, 4) is 5.75 Å². The number of phenols is 1. The number of carbonyl (C=O) groups excluding carboxylic acids is 15. The zero-order valence-electron chi connectivity index (χ0n) is 65.1. The highest BCUT2D eigenvalue weighted by molar-refractivity contribution is 8.00. The minimum Gasteiger partial charge on any atom is -0.508 e. The predicted molar refractivity (Wildman–Crippen MR) is 419 cm³/mol. The van der Waals surface area contributed by atoms with Crippen LogP contribution in [0.25, 0.3) is 10.9 Å². The van der Waals surface area contributed by atoms with Gasteiger partial charge in [-0.1, -0.05) is 122 Å². The molecule has 1 aliphatic rings. The number of aromatic hydroxyl groups is 1. The average molecular weight is 1600 g/mol. The van der Waals surface area contributed by atoms with Crippen LogP contribution in [0.2, 0.25) is 0 Å². The van der Waals surface area contributed by atoms with Gasteiger partial charge in [0.2, 0.25) is 88.6 Å². The van der Waals surface area contributed by atoms with Gasteiger partial charge in [-0.2, -0.15) is 0 Å². The number of aliphatic carboxylic acids is 1. The molecule has 5 aromatic rings. The molecule has 0 unspecified atom stereocenters. The number of carboxylic acid groups (broad SMARTS) is 1. The van der Waals surface area contributed by atoms with Gasteiger partial charge in [-0.15, -0.1) is 11.8 Å². The minimum atomic E-state index is -2.11. The number of hydrogen-bond acceptors (Lipinski definition) is 19. The lowest BCUT2D eigenvalue weighted by molar-refractivity contribution is -0.142. The monoisotopic (exact) mass is 1600 g/mol. The lowest BCUT2D eigenvalue weighted by Gasteiger charge is -2.30. The molecule has 0 aliphatic carbocycles. The van der Waals surface area contributed by atoms with Crippen LogP contribution in [0.5, 0.6) is 5.75 Å². The van der Waals surface area contributed by atoms with Gasteiger partial charge >= 0.3 is 5.97 Å². The van der Waals surface area contributed by atoms with Gasteiger partial charge in [0.1, 0.15) is 78.3 Å². The van der Waals surface area contributed by atoms with Gasteiger partial charge in [-0.25, -0.2) is 4.98 Å². The van der Waals surface area contributed by atoms with E-state index in [9.17, 15) is 86.9 Å². The summed E-state index contributed by atoms with van der Waals surface area (Å²) in [4.78, 5) is 238. The van der Waals surface area contributed by atoms with Crippen molar-refractivity contribution in [1.29, 1.82) is 0 Å². The fraction of sp³-hybridized carbons (Fsp3) is 0.494. The Morgan fingerprint density at radius 1 is 0.500 bits per heavy atom. The minimum absolute atomic E-state index is 0.00220. The molecule has 3 aromatic carbocycles. The normalized spacial score (nSPS) is 23.5. The molecule has 0 spiro atoms. The third kappa shape index (κ3) is 29.6. The summed E-state index contributed by atoms with van der Waals surface area (Å²) < 4.78 is 0. The van der Waals surface area contributed by atoms with Crippen molar-refractivity contribution in [2.45, 2.75) is 199 Å². The van der Waals surface area contributed by atoms with Crippen LogP contribution < -0.4 is 80.6 Å². The molecule has 3 heterocycles. The maximum absolute atomic E-state index is 15.0. The Bertz CT molecular complexity index is 4200. The van der Waals surface area contributed by atoms with Crippen molar-refractivity contribution in [2.24, 2.45) is 35.1 Å². The summed E-state index contributed by atoms with van der Waals surface area (Å²) >= 11 is 0.787. The number of nitrogens with zero attached hydrogens (tertiary/aromatic N) is 1. The number of hydrogen-bond donors (Lipinski definition) is 19. The molecule has 13 atom stereocenters. The molecule has 6 rings (SSSR count). The number of nitrogens with one attached hydrogen (secondary N) is 15. The third-order valence-electron chi connectivity index (χ3n) is 18.5. The molecule has 0 saturated carbocycles. The smallest absolute Gasteiger partial charge is 0.305 e. The summed E-state index contributed by atoms with van der Waals surface area (Å²) in [5.41, 5.74) is 13.1. The van der Waals surface area contributed by atoms with E-state index in [4.69, 9.17) is 11.5 Å². The van der Waals surface area contributed by atoms with E-state index in [0.29, 0.717) is 34.0 Å². The summed E-state index contributed by atoms with van der Waals surface area (Å²) in [6.45, 7) is 14.6. The summed E-state index contributed by atoms with van der Waals surface area (Å²) in [5.74, 6) is -19.3. The standard InChI is InChI=1S/C77H106N18O18S/c1-10-42(8)65-77(113)93-52(25-40(4)5)69(105)94-60(67(103)82-35-62(79)98)36-114-37-63(99)85-54(28-45-20-22-48(96)23-21-45)70(106)90-57(30-47-34-80-38-83-47)73(109)88-55(27-44-16-12-11-13-17-44)71(107)92-59(32-64(100)101)75(111)91-58(31-61(78)97)74(110)89-56(29-46-33-81-50-19-15-14-18-49(46)50)72(108)87-51(24-39(2)3)68(104)84-43(9)66(102)86-53(26-41(6)7)76(112)95-65/h11-23,33-34,38-43,51-60,65,81,96H,10,24-32,35-37H2,1-9H3,(H2,78,97)(H2,79,98)(H,80,83)(H,82,103)(H,84,104)(H,85,99)(H,86,102)(H,87,108)(H,88,109)(H,89,110)(H,90,106)(H,91,111)(H,92,107)(H,93,113)(H,94,105)(H,95,112)(H,100,101)/t42-,43-,51-,52-,53-,54-,55-,56-,57-,58-,59-,60-,65-/m0/s1. The Kier molecular flexibility index (Phi) is 35.4. The number of carboxylic acids is 1. The summed E-state index contributed by atoms with van der Waals surface area (Å²) in [6, 6.07) is 1.28. The summed E-state index contributed by atoms with van der Waals surface area (Å²) in [5, 5.41) is 54.6. The highest BCUT2D eigenvalue weighted by atomic mass is 32.2. The van der Waals surface area contributed by atoms with Crippen LogP contribution in [0.3, 0.4) is 0 Å². The molecule has 114 heavy (non-hydrogen) atoms. The van der Waals surface area contributed by atoms with Gasteiger partial charge in [0.25, 0.3) is 0 Å². The largest absolute Gasteiger partial charge is 0.508 e. The van der Waals surface area contributed by atoms with Crippen LogP contribution in [0, 0.1) is 23.7 Å². The van der Waals surface area contributed by atoms with Crippen molar-refractivity contribution in [3.63, 3.8) is 0 Å². The highest BCUT2D eigenvalue weighted by Gasteiger charge is 2.40. The van der Waals surface area contributed by atoms with Gasteiger partial charge in [0.05, 0.1) is 37.2 Å². The zero-order chi connectivity index (χ0) is 84.0. The quantitative estimate of drug-likeness (QED) is 0.0357. The second-order valence-corrected chi connectivity index (χ2v) is 30.5. The predicted octanol–water partition coefficient (Wildman–Crippen LogP) is -1.41.